The van der Waals surface area contributed by atoms with Crippen molar-refractivity contribution in [2.45, 2.75) is 58.4 Å². The molecule has 0 N–H and O–H groups in total. The van der Waals surface area contributed by atoms with Crippen LogP contribution in [0.3, 0.4) is 0 Å². The molecule has 0 aromatic rings. The Bertz CT molecular complexity index is 257. The standard InChI is InChI=1S/C11H18O3/c1-5-7-8(6-2)12-10-9(7)13-11(3,4)14-10/h5,8-10H,6H2,1-4H3/b7-5-/t8-,9-,10-/m1/s1. The van der Waals surface area contributed by atoms with Crippen molar-refractivity contribution in [3.63, 3.8) is 0 Å². The predicted molar refractivity (Wildman–Crippen MR) is 52.7 cm³/mol. The highest BCUT2D eigenvalue weighted by molar-refractivity contribution is 5.20. The summed E-state index contributed by atoms with van der Waals surface area (Å²) < 4.78 is 17.2. The second-order valence-corrected chi connectivity index (χ2v) is 4.25. The van der Waals surface area contributed by atoms with Crippen molar-refractivity contribution in [1.82, 2.24) is 0 Å². The van der Waals surface area contributed by atoms with Gasteiger partial charge in [0, 0.05) is 0 Å². The zero-order valence-electron chi connectivity index (χ0n) is 9.24. The summed E-state index contributed by atoms with van der Waals surface area (Å²) in [6.45, 7) is 7.98. The minimum Gasteiger partial charge on any atom is -0.342 e. The fourth-order valence-electron chi connectivity index (χ4n) is 2.16. The minimum atomic E-state index is -0.512. The Balaban J connectivity index is 2.18. The van der Waals surface area contributed by atoms with Crippen molar-refractivity contribution in [2.24, 2.45) is 0 Å². The number of fused-ring (bicyclic) bond motifs is 1. The van der Waals surface area contributed by atoms with Crippen LogP contribution < -0.4 is 0 Å². The van der Waals surface area contributed by atoms with Gasteiger partial charge >= 0.3 is 0 Å². The van der Waals surface area contributed by atoms with Gasteiger partial charge < -0.3 is 14.2 Å². The fraction of sp³-hybridized carbons (Fsp3) is 0.818. The highest BCUT2D eigenvalue weighted by atomic mass is 16.8. The van der Waals surface area contributed by atoms with E-state index in [1.807, 2.05) is 20.8 Å². The van der Waals surface area contributed by atoms with E-state index in [1.54, 1.807) is 0 Å². The quantitative estimate of drug-likeness (QED) is 0.605. The lowest BCUT2D eigenvalue weighted by Crippen LogP contribution is -2.25. The molecule has 0 aromatic carbocycles. The average Bonchev–Trinajstić information content (AvgIpc) is 2.55. The molecule has 0 aromatic heterocycles. The predicted octanol–water partition coefficient (Wildman–Crippen LogP) is 2.22. The molecule has 2 rings (SSSR count). The van der Waals surface area contributed by atoms with Crippen LogP contribution in [0.1, 0.15) is 34.1 Å². The number of hydrogen-bond donors (Lipinski definition) is 0. The lowest BCUT2D eigenvalue weighted by atomic mass is 10.0. The molecule has 0 spiro atoms. The number of rotatable bonds is 1. The molecule has 0 saturated carbocycles. The number of allylic oxidation sites excluding steroid dienone is 1. The molecule has 0 bridgehead atoms. The van der Waals surface area contributed by atoms with E-state index in [0.29, 0.717) is 0 Å². The summed E-state index contributed by atoms with van der Waals surface area (Å²) in [5, 5.41) is 0. The molecule has 0 aliphatic carbocycles. The maximum absolute atomic E-state index is 5.79. The highest BCUT2D eigenvalue weighted by Crippen LogP contribution is 2.40. The Morgan fingerprint density at radius 3 is 2.64 bits per heavy atom. The topological polar surface area (TPSA) is 27.7 Å². The summed E-state index contributed by atoms with van der Waals surface area (Å²) in [6.07, 6.45) is 3.02. The average molecular weight is 198 g/mol. The Kier molecular flexibility index (Phi) is 2.41. The van der Waals surface area contributed by atoms with E-state index < -0.39 is 5.79 Å². The second-order valence-electron chi connectivity index (χ2n) is 4.25. The first kappa shape index (κ1) is 10.1. The summed E-state index contributed by atoms with van der Waals surface area (Å²) in [5.41, 5.74) is 1.23. The minimum absolute atomic E-state index is 0.0000463. The summed E-state index contributed by atoms with van der Waals surface area (Å²) in [5.74, 6) is -0.512. The van der Waals surface area contributed by atoms with Crippen molar-refractivity contribution in [3.8, 4) is 0 Å². The first-order valence-electron chi connectivity index (χ1n) is 5.24. The first-order valence-corrected chi connectivity index (χ1v) is 5.24. The third kappa shape index (κ3) is 1.49. The van der Waals surface area contributed by atoms with E-state index in [9.17, 15) is 0 Å². The fourth-order valence-corrected chi connectivity index (χ4v) is 2.16. The lowest BCUT2D eigenvalue weighted by molar-refractivity contribution is -0.200. The molecule has 0 amide bonds. The highest BCUT2D eigenvalue weighted by Gasteiger charge is 2.50. The van der Waals surface area contributed by atoms with Crippen LogP contribution in [0.2, 0.25) is 0 Å². The molecule has 0 radical (unpaired) electrons. The summed E-state index contributed by atoms with van der Waals surface area (Å²) in [6, 6.07) is 0. The van der Waals surface area contributed by atoms with E-state index in [4.69, 9.17) is 14.2 Å². The molecule has 0 unspecified atom stereocenters. The van der Waals surface area contributed by atoms with E-state index in [2.05, 4.69) is 13.0 Å². The van der Waals surface area contributed by atoms with Gasteiger partial charge in [0.1, 0.15) is 6.10 Å². The molecule has 80 valence electrons. The van der Waals surface area contributed by atoms with Gasteiger partial charge in [0.25, 0.3) is 0 Å². The summed E-state index contributed by atoms with van der Waals surface area (Å²) in [7, 11) is 0. The second kappa shape index (κ2) is 3.33. The van der Waals surface area contributed by atoms with E-state index >= 15 is 0 Å². The van der Waals surface area contributed by atoms with Crippen LogP contribution in [-0.2, 0) is 14.2 Å². The maximum Gasteiger partial charge on any atom is 0.191 e. The van der Waals surface area contributed by atoms with Gasteiger partial charge in [0.05, 0.1) is 6.10 Å². The molecule has 2 fully saturated rings. The van der Waals surface area contributed by atoms with Gasteiger partial charge in [-0.15, -0.1) is 0 Å². The molecule has 3 heteroatoms. The van der Waals surface area contributed by atoms with Crippen LogP contribution in [0.25, 0.3) is 0 Å². The van der Waals surface area contributed by atoms with Crippen LogP contribution in [0, 0.1) is 0 Å². The monoisotopic (exact) mass is 198 g/mol. The molecule has 2 aliphatic rings. The van der Waals surface area contributed by atoms with Gasteiger partial charge in [0.15, 0.2) is 12.1 Å². The van der Waals surface area contributed by atoms with Crippen LogP contribution in [-0.4, -0.2) is 24.3 Å². The molecule has 3 nitrogen and oxygen atoms in total. The van der Waals surface area contributed by atoms with Crippen LogP contribution >= 0.6 is 0 Å². The molecule has 14 heavy (non-hydrogen) atoms. The van der Waals surface area contributed by atoms with Crippen molar-refractivity contribution in [3.05, 3.63) is 11.6 Å². The molecule has 2 saturated heterocycles. The van der Waals surface area contributed by atoms with Gasteiger partial charge in [-0.3, -0.25) is 0 Å². The largest absolute Gasteiger partial charge is 0.342 e. The van der Waals surface area contributed by atoms with Crippen molar-refractivity contribution < 1.29 is 14.2 Å². The Morgan fingerprint density at radius 1 is 1.36 bits per heavy atom. The van der Waals surface area contributed by atoms with E-state index in [1.165, 1.54) is 5.57 Å². The molecular weight excluding hydrogens is 180 g/mol. The zero-order valence-corrected chi connectivity index (χ0v) is 9.24. The SMILES string of the molecule is C/C=C1\[C@H]2OC(C)(C)O[C@H]2O[C@@H]1CC. The van der Waals surface area contributed by atoms with Crippen LogP contribution in [0.15, 0.2) is 11.6 Å². The number of hydrogen-bond acceptors (Lipinski definition) is 3. The van der Waals surface area contributed by atoms with Gasteiger partial charge in [-0.05, 0) is 32.8 Å². The third-order valence-corrected chi connectivity index (χ3v) is 2.76. The van der Waals surface area contributed by atoms with E-state index in [0.717, 1.165) is 6.42 Å². The molecular formula is C11H18O3. The molecule has 2 aliphatic heterocycles. The van der Waals surface area contributed by atoms with Gasteiger partial charge in [0.2, 0.25) is 0 Å². The zero-order chi connectivity index (χ0) is 10.3. The number of ether oxygens (including phenoxy) is 3. The van der Waals surface area contributed by atoms with Crippen molar-refractivity contribution >= 4 is 0 Å². The Morgan fingerprint density at radius 2 is 2.07 bits per heavy atom. The Hall–Kier alpha value is -0.380. The van der Waals surface area contributed by atoms with Gasteiger partial charge in [-0.25, -0.2) is 0 Å². The third-order valence-electron chi connectivity index (χ3n) is 2.76. The van der Waals surface area contributed by atoms with Crippen LogP contribution in [0.4, 0.5) is 0 Å². The summed E-state index contributed by atoms with van der Waals surface area (Å²) in [4.78, 5) is 0. The molecule has 2 heterocycles. The van der Waals surface area contributed by atoms with Crippen molar-refractivity contribution in [2.75, 3.05) is 0 Å². The van der Waals surface area contributed by atoms with Crippen LogP contribution in [0.5, 0.6) is 0 Å². The first-order chi connectivity index (χ1) is 6.57. The van der Waals surface area contributed by atoms with Gasteiger partial charge in [-0.2, -0.15) is 0 Å². The smallest absolute Gasteiger partial charge is 0.191 e. The lowest BCUT2D eigenvalue weighted by Gasteiger charge is -2.21. The van der Waals surface area contributed by atoms with Gasteiger partial charge in [-0.1, -0.05) is 13.0 Å². The van der Waals surface area contributed by atoms with Crippen molar-refractivity contribution in [1.29, 1.82) is 0 Å². The normalized spacial score (nSPS) is 43.1. The molecule has 3 atom stereocenters. The Labute approximate surface area is 85.0 Å². The van der Waals surface area contributed by atoms with E-state index in [-0.39, 0.29) is 18.5 Å². The maximum atomic E-state index is 5.79. The summed E-state index contributed by atoms with van der Waals surface area (Å²) >= 11 is 0.